The van der Waals surface area contributed by atoms with Crippen LogP contribution in [0.25, 0.3) is 16.5 Å². The second-order valence-electron chi connectivity index (χ2n) is 7.51. The normalized spacial score (nSPS) is 20.3. The molecular weight excluding hydrogens is 354 g/mol. The molecule has 2 aromatic heterocycles. The van der Waals surface area contributed by atoms with Gasteiger partial charge in [0.2, 0.25) is 0 Å². The van der Waals surface area contributed by atoms with Gasteiger partial charge in [0.05, 0.1) is 5.56 Å². The number of nitrogens with zero attached hydrogens (tertiary/aromatic N) is 1. The number of nitrogens with one attached hydrogen (secondary N) is 2. The predicted molar refractivity (Wildman–Crippen MR) is 112 cm³/mol. The van der Waals surface area contributed by atoms with Crippen LogP contribution in [0.3, 0.4) is 0 Å². The summed E-state index contributed by atoms with van der Waals surface area (Å²) in [5.74, 6) is -0.0533. The Balaban J connectivity index is 1.43. The minimum Gasteiger partial charge on any atom is -0.361 e. The topological polar surface area (TPSA) is 48.1 Å². The Morgan fingerprint density at radius 1 is 1.26 bits per heavy atom. The Morgan fingerprint density at radius 3 is 3.11 bits per heavy atom. The van der Waals surface area contributed by atoms with Crippen molar-refractivity contribution in [3.63, 3.8) is 0 Å². The van der Waals surface area contributed by atoms with Crippen LogP contribution in [0.1, 0.15) is 41.6 Å². The predicted octanol–water partition coefficient (Wildman–Crippen LogP) is 5.12. The Labute approximate surface area is 162 Å². The van der Waals surface area contributed by atoms with Crippen LogP contribution in [0.15, 0.2) is 47.3 Å². The summed E-state index contributed by atoms with van der Waals surface area (Å²) < 4.78 is 0. The van der Waals surface area contributed by atoms with Crippen LogP contribution in [0.2, 0.25) is 0 Å². The molecule has 2 N–H and O–H groups in total. The van der Waals surface area contributed by atoms with E-state index in [2.05, 4.69) is 39.6 Å². The fourth-order valence-corrected chi connectivity index (χ4v) is 5.01. The molecule has 138 valence electrons. The summed E-state index contributed by atoms with van der Waals surface area (Å²) in [7, 11) is 0. The number of piperidine rings is 1. The molecule has 0 saturated carbocycles. The van der Waals surface area contributed by atoms with Gasteiger partial charge in [0.1, 0.15) is 0 Å². The summed E-state index contributed by atoms with van der Waals surface area (Å²) in [5, 5.41) is 8.01. The molecule has 1 atom stereocenters. The van der Waals surface area contributed by atoms with Gasteiger partial charge in [-0.2, -0.15) is 11.3 Å². The number of anilines is 1. The van der Waals surface area contributed by atoms with Crippen molar-refractivity contribution in [2.24, 2.45) is 0 Å². The Morgan fingerprint density at radius 2 is 2.22 bits per heavy atom. The highest BCUT2D eigenvalue weighted by molar-refractivity contribution is 7.08. The first kappa shape index (κ1) is 16.8. The first-order valence-corrected chi connectivity index (χ1v) is 10.6. The van der Waals surface area contributed by atoms with Crippen LogP contribution < -0.4 is 5.32 Å². The van der Waals surface area contributed by atoms with E-state index in [9.17, 15) is 4.79 Å². The molecule has 2 aliphatic rings. The Bertz CT molecular complexity index is 1000. The maximum atomic E-state index is 12.4. The summed E-state index contributed by atoms with van der Waals surface area (Å²) in [6.45, 7) is 2.29. The van der Waals surface area contributed by atoms with Gasteiger partial charge in [-0.25, -0.2) is 0 Å². The van der Waals surface area contributed by atoms with Crippen molar-refractivity contribution in [3.8, 4) is 0 Å². The van der Waals surface area contributed by atoms with Crippen molar-refractivity contribution >= 4 is 39.4 Å². The van der Waals surface area contributed by atoms with E-state index in [1.54, 1.807) is 0 Å². The van der Waals surface area contributed by atoms with Crippen molar-refractivity contribution < 1.29 is 4.79 Å². The van der Waals surface area contributed by atoms with Crippen LogP contribution in [-0.4, -0.2) is 34.9 Å². The summed E-state index contributed by atoms with van der Waals surface area (Å²) in [6.07, 6.45) is 9.63. The molecule has 2 aliphatic heterocycles. The first-order valence-electron chi connectivity index (χ1n) is 9.66. The smallest absolute Gasteiger partial charge is 0.256 e. The SMILES string of the molecule is O=C(Nc1ccc2[nH]cc(C3=CCN4CCCCC4C3)c2c1)c1ccsc1. The average Bonchev–Trinajstić information content (AvgIpc) is 3.37. The maximum absolute atomic E-state index is 12.4. The molecule has 3 aromatic rings. The van der Waals surface area contributed by atoms with Gasteiger partial charge >= 0.3 is 0 Å². The molecule has 0 bridgehead atoms. The van der Waals surface area contributed by atoms with E-state index in [1.165, 1.54) is 53.7 Å². The van der Waals surface area contributed by atoms with Gasteiger partial charge < -0.3 is 10.3 Å². The number of H-pyrrole nitrogens is 1. The molecule has 0 spiro atoms. The van der Waals surface area contributed by atoms with Crippen molar-refractivity contribution in [2.75, 3.05) is 18.4 Å². The molecule has 0 aliphatic carbocycles. The van der Waals surface area contributed by atoms with Crippen molar-refractivity contribution in [2.45, 2.75) is 31.7 Å². The molecule has 27 heavy (non-hydrogen) atoms. The molecule has 1 aromatic carbocycles. The number of hydrogen-bond donors (Lipinski definition) is 2. The second-order valence-corrected chi connectivity index (χ2v) is 8.29. The van der Waals surface area contributed by atoms with Gasteiger partial charge in [0, 0.05) is 46.3 Å². The number of fused-ring (bicyclic) bond motifs is 2. The van der Waals surface area contributed by atoms with Crippen LogP contribution in [0.5, 0.6) is 0 Å². The minimum absolute atomic E-state index is 0.0533. The molecule has 5 heteroatoms. The number of amides is 1. The molecule has 1 unspecified atom stereocenters. The summed E-state index contributed by atoms with van der Waals surface area (Å²) >= 11 is 1.54. The van der Waals surface area contributed by atoms with E-state index in [4.69, 9.17) is 0 Å². The molecule has 4 nitrogen and oxygen atoms in total. The standard InChI is InChI=1S/C22H23N3OS/c26-22(16-7-10-27-14-16)24-17-4-5-21-19(12-17)20(13-23-21)15-6-9-25-8-2-1-3-18(25)11-15/h4-7,10,12-14,18,23H,1-3,8-9,11H2,(H,24,26). The number of benzene rings is 1. The fraction of sp³-hybridized carbons (Fsp3) is 0.318. The zero-order valence-corrected chi connectivity index (χ0v) is 16.0. The van der Waals surface area contributed by atoms with E-state index in [1.807, 2.05) is 22.9 Å². The number of aromatic nitrogens is 1. The number of aromatic amines is 1. The van der Waals surface area contributed by atoms with E-state index in [0.717, 1.165) is 24.2 Å². The number of carbonyl (C=O) groups is 1. The lowest BCUT2D eigenvalue weighted by atomic mass is 9.89. The number of rotatable bonds is 3. The van der Waals surface area contributed by atoms with E-state index in [-0.39, 0.29) is 5.91 Å². The third-order valence-electron chi connectivity index (χ3n) is 5.85. The monoisotopic (exact) mass is 377 g/mol. The largest absolute Gasteiger partial charge is 0.361 e. The van der Waals surface area contributed by atoms with Gasteiger partial charge in [-0.05, 0) is 61.0 Å². The zero-order valence-electron chi connectivity index (χ0n) is 15.2. The number of carbonyl (C=O) groups excluding carboxylic acids is 1. The highest BCUT2D eigenvalue weighted by Crippen LogP contribution is 2.35. The summed E-state index contributed by atoms with van der Waals surface area (Å²) in [4.78, 5) is 18.4. The third kappa shape index (κ3) is 3.22. The molecule has 1 saturated heterocycles. The Kier molecular flexibility index (Phi) is 4.34. The highest BCUT2D eigenvalue weighted by atomic mass is 32.1. The van der Waals surface area contributed by atoms with Gasteiger partial charge in [-0.3, -0.25) is 9.69 Å². The molecule has 1 fully saturated rings. The van der Waals surface area contributed by atoms with Crippen molar-refractivity contribution in [3.05, 3.63) is 58.4 Å². The quantitative estimate of drug-likeness (QED) is 0.665. The van der Waals surface area contributed by atoms with Gasteiger partial charge in [-0.15, -0.1) is 0 Å². The van der Waals surface area contributed by atoms with Crippen LogP contribution in [0.4, 0.5) is 5.69 Å². The molecular formula is C22H23N3OS. The lowest BCUT2D eigenvalue weighted by molar-refractivity contribution is 0.102. The number of hydrogen-bond acceptors (Lipinski definition) is 3. The highest BCUT2D eigenvalue weighted by Gasteiger charge is 2.27. The molecule has 4 heterocycles. The lowest BCUT2D eigenvalue weighted by Gasteiger charge is -2.38. The van der Waals surface area contributed by atoms with Gasteiger partial charge in [0.15, 0.2) is 0 Å². The lowest BCUT2D eigenvalue weighted by Crippen LogP contribution is -2.41. The van der Waals surface area contributed by atoms with Crippen LogP contribution in [-0.2, 0) is 0 Å². The van der Waals surface area contributed by atoms with Crippen molar-refractivity contribution in [1.29, 1.82) is 0 Å². The van der Waals surface area contributed by atoms with Gasteiger partial charge in [-0.1, -0.05) is 12.5 Å². The van der Waals surface area contributed by atoms with Crippen molar-refractivity contribution in [1.82, 2.24) is 9.88 Å². The van der Waals surface area contributed by atoms with Crippen LogP contribution in [0, 0.1) is 0 Å². The minimum atomic E-state index is -0.0533. The summed E-state index contributed by atoms with van der Waals surface area (Å²) in [6, 6.07) is 8.65. The van der Waals surface area contributed by atoms with Crippen LogP contribution >= 0.6 is 11.3 Å². The maximum Gasteiger partial charge on any atom is 0.256 e. The molecule has 1 amide bonds. The Hall–Kier alpha value is -2.37. The average molecular weight is 378 g/mol. The molecule has 5 rings (SSSR count). The number of thiophene rings is 1. The first-order chi connectivity index (χ1) is 13.3. The second kappa shape index (κ2) is 6.98. The molecule has 0 radical (unpaired) electrons. The van der Waals surface area contributed by atoms with E-state index < -0.39 is 0 Å². The van der Waals surface area contributed by atoms with E-state index in [0.29, 0.717) is 11.6 Å². The zero-order chi connectivity index (χ0) is 18.2. The third-order valence-corrected chi connectivity index (χ3v) is 6.53. The van der Waals surface area contributed by atoms with Gasteiger partial charge in [0.25, 0.3) is 5.91 Å². The fourth-order valence-electron chi connectivity index (χ4n) is 4.38. The van der Waals surface area contributed by atoms with E-state index >= 15 is 0 Å². The summed E-state index contributed by atoms with van der Waals surface area (Å²) in [5.41, 5.74) is 5.38.